The molecule has 0 aliphatic carbocycles. The molecule has 1 aromatic carbocycles. The lowest BCUT2D eigenvalue weighted by Crippen LogP contribution is -2.34. The van der Waals surface area contributed by atoms with Crippen molar-refractivity contribution in [3.63, 3.8) is 0 Å². The Labute approximate surface area is 121 Å². The minimum absolute atomic E-state index is 0.241. The van der Waals surface area contributed by atoms with Gasteiger partial charge in [0.25, 0.3) is 0 Å². The highest BCUT2D eigenvalue weighted by Crippen LogP contribution is 2.20. The van der Waals surface area contributed by atoms with Gasteiger partial charge in [0.05, 0.1) is 5.56 Å². The van der Waals surface area contributed by atoms with Crippen molar-refractivity contribution in [2.45, 2.75) is 33.2 Å². The number of aryl methyl sites for hydroxylation is 1. The first-order valence-corrected chi connectivity index (χ1v) is 7.04. The molecule has 0 saturated heterocycles. The van der Waals surface area contributed by atoms with Crippen LogP contribution in [0.25, 0.3) is 0 Å². The molecule has 1 unspecified atom stereocenters. The molecule has 0 heterocycles. The molecule has 0 saturated carbocycles. The van der Waals surface area contributed by atoms with Gasteiger partial charge < -0.3 is 15.3 Å². The molecule has 20 heavy (non-hydrogen) atoms. The van der Waals surface area contributed by atoms with Gasteiger partial charge in [-0.15, -0.1) is 0 Å². The van der Waals surface area contributed by atoms with Crippen molar-refractivity contribution < 1.29 is 9.90 Å². The van der Waals surface area contributed by atoms with Gasteiger partial charge in [-0.2, -0.15) is 0 Å². The Kier molecular flexibility index (Phi) is 6.02. The van der Waals surface area contributed by atoms with Crippen LogP contribution in [0.1, 0.15) is 36.2 Å². The van der Waals surface area contributed by atoms with Gasteiger partial charge in [-0.3, -0.25) is 0 Å². The van der Waals surface area contributed by atoms with Gasteiger partial charge in [-0.25, -0.2) is 4.79 Å². The molecule has 0 bridgehead atoms. The number of rotatable bonds is 7. The highest BCUT2D eigenvalue weighted by molar-refractivity contribution is 5.94. The molecule has 0 amide bonds. The first kappa shape index (κ1) is 16.5. The van der Waals surface area contributed by atoms with Crippen molar-refractivity contribution in [2.24, 2.45) is 5.92 Å². The SMILES string of the molecule is Cc1ccc(C(=O)O)c(NC(CC(C)C)CN(C)C)c1. The number of carboxylic acid groups (broad SMARTS) is 1. The number of likely N-dealkylation sites (N-methyl/N-ethyl adjacent to an activating group) is 1. The molecule has 0 fully saturated rings. The Balaban J connectivity index is 2.96. The maximum absolute atomic E-state index is 11.3. The van der Waals surface area contributed by atoms with E-state index in [-0.39, 0.29) is 6.04 Å². The Morgan fingerprint density at radius 2 is 2.00 bits per heavy atom. The minimum Gasteiger partial charge on any atom is -0.478 e. The van der Waals surface area contributed by atoms with Gasteiger partial charge in [0.2, 0.25) is 0 Å². The second kappa shape index (κ2) is 7.29. The van der Waals surface area contributed by atoms with Gasteiger partial charge in [0.1, 0.15) is 0 Å². The van der Waals surface area contributed by atoms with E-state index >= 15 is 0 Å². The van der Waals surface area contributed by atoms with Gasteiger partial charge in [-0.05, 0) is 51.1 Å². The van der Waals surface area contributed by atoms with Crippen LogP contribution in [0.3, 0.4) is 0 Å². The predicted octanol–water partition coefficient (Wildman–Crippen LogP) is 3.08. The molecular weight excluding hydrogens is 252 g/mol. The second-order valence-electron chi connectivity index (χ2n) is 6.09. The summed E-state index contributed by atoms with van der Waals surface area (Å²) < 4.78 is 0. The molecule has 0 spiro atoms. The number of benzene rings is 1. The monoisotopic (exact) mass is 278 g/mol. The van der Waals surface area contributed by atoms with Crippen molar-refractivity contribution in [1.29, 1.82) is 0 Å². The summed E-state index contributed by atoms with van der Waals surface area (Å²) in [6, 6.07) is 5.65. The van der Waals surface area contributed by atoms with E-state index in [9.17, 15) is 9.90 Å². The number of carboxylic acids is 1. The smallest absolute Gasteiger partial charge is 0.337 e. The van der Waals surface area contributed by atoms with Crippen molar-refractivity contribution in [2.75, 3.05) is 26.0 Å². The Bertz CT molecular complexity index is 446. The maximum Gasteiger partial charge on any atom is 0.337 e. The number of hydrogen-bond acceptors (Lipinski definition) is 3. The van der Waals surface area contributed by atoms with Gasteiger partial charge in [0.15, 0.2) is 0 Å². The predicted molar refractivity (Wildman–Crippen MR) is 83.6 cm³/mol. The third-order valence-electron chi connectivity index (χ3n) is 3.11. The summed E-state index contributed by atoms with van der Waals surface area (Å²) >= 11 is 0. The van der Waals surface area contributed by atoms with Crippen LogP contribution in [0.4, 0.5) is 5.69 Å². The number of nitrogens with zero attached hydrogens (tertiary/aromatic N) is 1. The lowest BCUT2D eigenvalue weighted by Gasteiger charge is -2.25. The Hall–Kier alpha value is -1.55. The van der Waals surface area contributed by atoms with Crippen LogP contribution < -0.4 is 5.32 Å². The van der Waals surface area contributed by atoms with E-state index in [1.54, 1.807) is 6.07 Å². The number of anilines is 1. The number of nitrogens with one attached hydrogen (secondary N) is 1. The van der Waals surface area contributed by atoms with E-state index in [4.69, 9.17) is 0 Å². The highest BCUT2D eigenvalue weighted by atomic mass is 16.4. The van der Waals surface area contributed by atoms with Crippen molar-refractivity contribution >= 4 is 11.7 Å². The fraction of sp³-hybridized carbons (Fsp3) is 0.562. The molecule has 1 rings (SSSR count). The zero-order valence-corrected chi connectivity index (χ0v) is 13.1. The molecule has 1 atom stereocenters. The summed E-state index contributed by atoms with van der Waals surface area (Å²) in [4.78, 5) is 13.4. The largest absolute Gasteiger partial charge is 0.478 e. The van der Waals surface area contributed by atoms with Crippen molar-refractivity contribution in [1.82, 2.24) is 4.90 Å². The van der Waals surface area contributed by atoms with Crippen LogP contribution in [0.15, 0.2) is 18.2 Å². The van der Waals surface area contributed by atoms with E-state index in [0.717, 1.165) is 18.5 Å². The Morgan fingerprint density at radius 1 is 1.35 bits per heavy atom. The third-order valence-corrected chi connectivity index (χ3v) is 3.11. The minimum atomic E-state index is -0.888. The molecule has 2 N–H and O–H groups in total. The Morgan fingerprint density at radius 3 is 2.50 bits per heavy atom. The van der Waals surface area contributed by atoms with Crippen molar-refractivity contribution in [3.8, 4) is 0 Å². The summed E-state index contributed by atoms with van der Waals surface area (Å²) in [6.45, 7) is 7.21. The fourth-order valence-corrected chi connectivity index (χ4v) is 2.37. The maximum atomic E-state index is 11.3. The normalized spacial score (nSPS) is 12.8. The number of aromatic carboxylic acids is 1. The van der Waals surface area contributed by atoms with E-state index in [1.165, 1.54) is 0 Å². The number of hydrogen-bond donors (Lipinski definition) is 2. The van der Waals surface area contributed by atoms with Crippen LogP contribution in [-0.2, 0) is 0 Å². The van der Waals surface area contributed by atoms with Crippen LogP contribution in [-0.4, -0.2) is 42.7 Å². The van der Waals surface area contributed by atoms with Crippen LogP contribution >= 0.6 is 0 Å². The van der Waals surface area contributed by atoms with E-state index in [1.807, 2.05) is 33.2 Å². The summed E-state index contributed by atoms with van der Waals surface area (Å²) in [6.07, 6.45) is 1.01. The second-order valence-corrected chi connectivity index (χ2v) is 6.09. The average Bonchev–Trinajstić information content (AvgIpc) is 2.26. The molecule has 0 aromatic heterocycles. The lowest BCUT2D eigenvalue weighted by atomic mass is 10.0. The molecule has 0 aliphatic heterocycles. The van der Waals surface area contributed by atoms with Gasteiger partial charge in [0, 0.05) is 18.3 Å². The van der Waals surface area contributed by atoms with Crippen LogP contribution in [0.2, 0.25) is 0 Å². The average molecular weight is 278 g/mol. The molecule has 112 valence electrons. The quantitative estimate of drug-likeness (QED) is 0.805. The molecular formula is C16H26N2O2. The lowest BCUT2D eigenvalue weighted by molar-refractivity contribution is 0.0698. The van der Waals surface area contributed by atoms with Gasteiger partial charge in [-0.1, -0.05) is 19.9 Å². The van der Waals surface area contributed by atoms with Gasteiger partial charge >= 0.3 is 5.97 Å². The highest BCUT2D eigenvalue weighted by Gasteiger charge is 2.16. The van der Waals surface area contributed by atoms with Crippen LogP contribution in [0, 0.1) is 12.8 Å². The molecule has 4 heteroatoms. The molecule has 0 aliphatic rings. The fourth-order valence-electron chi connectivity index (χ4n) is 2.37. The zero-order valence-electron chi connectivity index (χ0n) is 13.1. The zero-order chi connectivity index (χ0) is 15.3. The molecule has 4 nitrogen and oxygen atoms in total. The van der Waals surface area contributed by atoms with Crippen LogP contribution in [0.5, 0.6) is 0 Å². The topological polar surface area (TPSA) is 52.6 Å². The number of carbonyl (C=O) groups is 1. The van der Waals surface area contributed by atoms with E-state index in [2.05, 4.69) is 24.1 Å². The standard InChI is InChI=1S/C16H26N2O2/c1-11(2)8-13(10-18(4)5)17-15-9-12(3)6-7-14(15)16(19)20/h6-7,9,11,13,17H,8,10H2,1-5H3,(H,19,20). The molecule has 1 aromatic rings. The molecule has 0 radical (unpaired) electrons. The first-order valence-electron chi connectivity index (χ1n) is 7.04. The summed E-state index contributed by atoms with van der Waals surface area (Å²) in [5, 5.41) is 12.7. The summed E-state index contributed by atoms with van der Waals surface area (Å²) in [7, 11) is 4.06. The third kappa shape index (κ3) is 5.21. The summed E-state index contributed by atoms with van der Waals surface area (Å²) in [5.41, 5.74) is 2.11. The van der Waals surface area contributed by atoms with E-state index in [0.29, 0.717) is 17.2 Å². The summed E-state index contributed by atoms with van der Waals surface area (Å²) in [5.74, 6) is -0.328. The van der Waals surface area contributed by atoms with Crippen molar-refractivity contribution in [3.05, 3.63) is 29.3 Å². The first-order chi connectivity index (χ1) is 9.29. The van der Waals surface area contributed by atoms with E-state index < -0.39 is 5.97 Å².